The number of amides is 1. The molecule has 0 radical (unpaired) electrons. The van der Waals surface area contributed by atoms with Gasteiger partial charge in [-0.05, 0) is 41.7 Å². The van der Waals surface area contributed by atoms with E-state index in [1.54, 1.807) is 29.2 Å². The first-order valence-electron chi connectivity index (χ1n) is 8.56. The molecule has 1 amide bonds. The van der Waals surface area contributed by atoms with Crippen LogP contribution in [0.3, 0.4) is 0 Å². The standard InChI is InChI=1S/C21H16ClN3O2S/c1-13-12-28-21-24-20(26)16(19(23)25(13)21)9-15-7-8-18(17(22)10-15)27-11-14-5-3-2-4-6-14/h2-10,12,23H,11H2,1H3/b16-9-,23-19?. The highest BCUT2D eigenvalue weighted by molar-refractivity contribution is 8.16. The maximum Gasteiger partial charge on any atom is 0.283 e. The number of fused-ring (bicyclic) bond motifs is 1. The first kappa shape index (κ1) is 18.5. The Morgan fingerprint density at radius 2 is 2.04 bits per heavy atom. The second kappa shape index (κ2) is 7.66. The van der Waals surface area contributed by atoms with Crippen LogP contribution in [0.25, 0.3) is 6.08 Å². The Kier molecular flexibility index (Phi) is 5.07. The predicted octanol–water partition coefficient (Wildman–Crippen LogP) is 5.09. The Labute approximate surface area is 171 Å². The van der Waals surface area contributed by atoms with Gasteiger partial charge in [-0.3, -0.25) is 15.1 Å². The minimum Gasteiger partial charge on any atom is -0.487 e. The van der Waals surface area contributed by atoms with Gasteiger partial charge in [-0.15, -0.1) is 0 Å². The summed E-state index contributed by atoms with van der Waals surface area (Å²) in [5.41, 5.74) is 2.85. The molecule has 0 spiro atoms. The number of carbonyl (C=O) groups excluding carboxylic acids is 1. The van der Waals surface area contributed by atoms with E-state index >= 15 is 0 Å². The van der Waals surface area contributed by atoms with Gasteiger partial charge in [-0.1, -0.05) is 59.8 Å². The van der Waals surface area contributed by atoms with E-state index in [-0.39, 0.29) is 11.4 Å². The number of thioether (sulfide) groups is 1. The molecule has 0 bridgehead atoms. The summed E-state index contributed by atoms with van der Waals surface area (Å²) in [5, 5.41) is 11.2. The van der Waals surface area contributed by atoms with Crippen molar-refractivity contribution in [2.45, 2.75) is 13.5 Å². The first-order valence-corrected chi connectivity index (χ1v) is 9.82. The Balaban J connectivity index is 1.55. The molecule has 2 aliphatic rings. The van der Waals surface area contributed by atoms with E-state index in [0.717, 1.165) is 11.3 Å². The van der Waals surface area contributed by atoms with E-state index in [2.05, 4.69) is 4.99 Å². The monoisotopic (exact) mass is 409 g/mol. The molecular weight excluding hydrogens is 394 g/mol. The van der Waals surface area contributed by atoms with Crippen LogP contribution < -0.4 is 4.74 Å². The third-order valence-electron chi connectivity index (χ3n) is 4.29. The molecular formula is C21H16ClN3O2S. The quantitative estimate of drug-likeness (QED) is 0.714. The van der Waals surface area contributed by atoms with Gasteiger partial charge in [0.25, 0.3) is 5.91 Å². The van der Waals surface area contributed by atoms with Crippen LogP contribution in [0.5, 0.6) is 5.75 Å². The van der Waals surface area contributed by atoms with Crippen LogP contribution in [-0.2, 0) is 11.4 Å². The van der Waals surface area contributed by atoms with Crippen LogP contribution in [0.15, 0.2) is 70.2 Å². The van der Waals surface area contributed by atoms with E-state index < -0.39 is 5.91 Å². The van der Waals surface area contributed by atoms with Crippen molar-refractivity contribution in [2.24, 2.45) is 4.99 Å². The smallest absolute Gasteiger partial charge is 0.283 e. The summed E-state index contributed by atoms with van der Waals surface area (Å²) in [7, 11) is 0. The third kappa shape index (κ3) is 3.61. The number of benzene rings is 2. The van der Waals surface area contributed by atoms with E-state index in [1.165, 1.54) is 11.8 Å². The lowest BCUT2D eigenvalue weighted by Crippen LogP contribution is -2.37. The minimum atomic E-state index is -0.424. The van der Waals surface area contributed by atoms with Crippen molar-refractivity contribution in [3.05, 3.63) is 81.4 Å². The molecule has 0 unspecified atom stereocenters. The van der Waals surface area contributed by atoms with Crippen LogP contribution in [0, 0.1) is 5.41 Å². The molecule has 2 aliphatic heterocycles. The van der Waals surface area contributed by atoms with Gasteiger partial charge in [-0.25, -0.2) is 0 Å². The number of hydrogen-bond acceptors (Lipinski definition) is 4. The number of rotatable bonds is 4. The van der Waals surface area contributed by atoms with Gasteiger partial charge in [0.1, 0.15) is 18.2 Å². The number of amidine groups is 2. The van der Waals surface area contributed by atoms with E-state index in [0.29, 0.717) is 28.1 Å². The van der Waals surface area contributed by atoms with Crippen LogP contribution in [-0.4, -0.2) is 21.8 Å². The van der Waals surface area contributed by atoms with Gasteiger partial charge in [0, 0.05) is 5.70 Å². The molecule has 2 heterocycles. The maximum absolute atomic E-state index is 12.4. The van der Waals surface area contributed by atoms with E-state index in [9.17, 15) is 4.79 Å². The summed E-state index contributed by atoms with van der Waals surface area (Å²) >= 11 is 7.70. The summed E-state index contributed by atoms with van der Waals surface area (Å²) in [6, 6.07) is 15.1. The van der Waals surface area contributed by atoms with Gasteiger partial charge >= 0.3 is 0 Å². The van der Waals surface area contributed by atoms with Gasteiger partial charge < -0.3 is 4.74 Å². The fraction of sp³-hybridized carbons (Fsp3) is 0.0952. The highest BCUT2D eigenvalue weighted by Crippen LogP contribution is 2.33. The molecule has 0 fully saturated rings. The van der Waals surface area contributed by atoms with Gasteiger partial charge in [0.2, 0.25) is 0 Å². The number of ether oxygens (including phenoxy) is 1. The zero-order valence-electron chi connectivity index (χ0n) is 15.0. The van der Waals surface area contributed by atoms with Crippen molar-refractivity contribution in [1.82, 2.24) is 4.90 Å². The van der Waals surface area contributed by atoms with Crippen LogP contribution in [0.4, 0.5) is 0 Å². The highest BCUT2D eigenvalue weighted by atomic mass is 35.5. The molecule has 5 nitrogen and oxygen atoms in total. The molecule has 2 aromatic rings. The lowest BCUT2D eigenvalue weighted by molar-refractivity contribution is -0.114. The molecule has 0 aromatic heterocycles. The molecule has 0 atom stereocenters. The highest BCUT2D eigenvalue weighted by Gasteiger charge is 2.33. The summed E-state index contributed by atoms with van der Waals surface area (Å²) in [4.78, 5) is 18.1. The summed E-state index contributed by atoms with van der Waals surface area (Å²) < 4.78 is 5.78. The summed E-state index contributed by atoms with van der Waals surface area (Å²) in [5.74, 6) is 0.259. The minimum absolute atomic E-state index is 0.120. The first-order chi connectivity index (χ1) is 13.5. The molecule has 140 valence electrons. The van der Waals surface area contributed by atoms with Gasteiger partial charge in [-0.2, -0.15) is 4.99 Å². The second-order valence-electron chi connectivity index (χ2n) is 6.28. The molecule has 7 heteroatoms. The number of nitrogens with one attached hydrogen (secondary N) is 1. The average molecular weight is 410 g/mol. The zero-order valence-corrected chi connectivity index (χ0v) is 16.6. The topological polar surface area (TPSA) is 65.8 Å². The number of halogens is 1. The lowest BCUT2D eigenvalue weighted by Gasteiger charge is -2.25. The van der Waals surface area contributed by atoms with Crippen molar-refractivity contribution >= 4 is 46.3 Å². The average Bonchev–Trinajstić information content (AvgIpc) is 3.05. The van der Waals surface area contributed by atoms with E-state index in [4.69, 9.17) is 21.7 Å². The normalized spacial score (nSPS) is 17.5. The number of allylic oxidation sites excluding steroid dienone is 1. The van der Waals surface area contributed by atoms with Crippen LogP contribution in [0.2, 0.25) is 5.02 Å². The lowest BCUT2D eigenvalue weighted by atomic mass is 10.1. The zero-order chi connectivity index (χ0) is 19.7. The number of aliphatic imine (C=N–C) groups is 1. The number of hydrogen-bond donors (Lipinski definition) is 1. The Bertz CT molecular complexity index is 1060. The van der Waals surface area contributed by atoms with Crippen molar-refractivity contribution < 1.29 is 9.53 Å². The summed E-state index contributed by atoms with van der Waals surface area (Å²) in [6.45, 7) is 2.30. The molecule has 4 rings (SSSR count). The third-order valence-corrected chi connectivity index (χ3v) is 5.53. The second-order valence-corrected chi connectivity index (χ2v) is 7.53. The van der Waals surface area contributed by atoms with Gasteiger partial charge in [0.05, 0.1) is 10.6 Å². The number of carbonyl (C=O) groups is 1. The van der Waals surface area contributed by atoms with Gasteiger partial charge in [0.15, 0.2) is 5.17 Å². The Morgan fingerprint density at radius 1 is 1.25 bits per heavy atom. The molecule has 2 aromatic carbocycles. The molecule has 0 saturated carbocycles. The van der Waals surface area contributed by atoms with Crippen LogP contribution >= 0.6 is 23.4 Å². The van der Waals surface area contributed by atoms with Crippen molar-refractivity contribution in [3.63, 3.8) is 0 Å². The largest absolute Gasteiger partial charge is 0.487 e. The fourth-order valence-electron chi connectivity index (χ4n) is 2.87. The predicted molar refractivity (Wildman–Crippen MR) is 114 cm³/mol. The molecule has 1 N–H and O–H groups in total. The van der Waals surface area contributed by atoms with Crippen LogP contribution in [0.1, 0.15) is 18.1 Å². The molecule has 0 saturated heterocycles. The number of nitrogens with zero attached hydrogens (tertiary/aromatic N) is 2. The molecule has 28 heavy (non-hydrogen) atoms. The van der Waals surface area contributed by atoms with E-state index in [1.807, 2.05) is 42.7 Å². The summed E-state index contributed by atoms with van der Waals surface area (Å²) in [6.07, 6.45) is 1.63. The molecule has 0 aliphatic carbocycles. The van der Waals surface area contributed by atoms with Crippen molar-refractivity contribution in [1.29, 1.82) is 5.41 Å². The SMILES string of the molecule is CC1=CSC2=NC(=O)/C(=C\c3ccc(OCc4ccccc4)c(Cl)c3)C(=N)N12. The van der Waals surface area contributed by atoms with Crippen molar-refractivity contribution in [2.75, 3.05) is 0 Å². The maximum atomic E-state index is 12.4. The fourth-order valence-corrected chi connectivity index (χ4v) is 3.97. The Morgan fingerprint density at radius 3 is 2.79 bits per heavy atom. The van der Waals surface area contributed by atoms with Crippen molar-refractivity contribution in [3.8, 4) is 5.75 Å². The Hall–Kier alpha value is -2.83.